The molecule has 0 N–H and O–H groups in total. The van der Waals surface area contributed by atoms with Crippen LogP contribution in [0.2, 0.25) is 0 Å². The number of hydrogen-bond donors (Lipinski definition) is 0. The Bertz CT molecular complexity index is 1100. The number of ether oxygens (including phenoxy) is 2. The highest BCUT2D eigenvalue weighted by atomic mass is 79.9. The van der Waals surface area contributed by atoms with Gasteiger partial charge in [0.15, 0.2) is 11.5 Å². The molecule has 0 aliphatic carbocycles. The fraction of sp³-hybridized carbons (Fsp3) is 0.0870. The molecule has 0 fully saturated rings. The van der Waals surface area contributed by atoms with Crippen molar-refractivity contribution in [3.63, 3.8) is 0 Å². The van der Waals surface area contributed by atoms with Crippen LogP contribution in [0.4, 0.5) is 0 Å². The van der Waals surface area contributed by atoms with Crippen LogP contribution < -0.4 is 9.47 Å². The minimum absolute atomic E-state index is 0.142. The Morgan fingerprint density at radius 1 is 1.19 bits per heavy atom. The summed E-state index contributed by atoms with van der Waals surface area (Å²) in [5, 5.41) is 11.9. The Morgan fingerprint density at radius 3 is 2.70 bits per heavy atom. The Balaban J connectivity index is 2.10. The molecule has 0 saturated heterocycles. The summed E-state index contributed by atoms with van der Waals surface area (Å²) in [7, 11) is 1.56. The lowest BCUT2D eigenvalue weighted by atomic mass is 9.97. The topological polar surface area (TPSA) is 42.2 Å². The molecular formula is C23H16BrNO2. The number of nitriles is 1. The summed E-state index contributed by atoms with van der Waals surface area (Å²) in [6.07, 6.45) is 7.10. The molecular weight excluding hydrogens is 402 g/mol. The van der Waals surface area contributed by atoms with E-state index in [0.29, 0.717) is 21.5 Å². The predicted molar refractivity (Wildman–Crippen MR) is 112 cm³/mol. The van der Waals surface area contributed by atoms with E-state index in [0.717, 1.165) is 21.9 Å². The molecule has 3 rings (SSSR count). The first-order chi connectivity index (χ1) is 13.2. The molecule has 0 aliphatic rings. The van der Waals surface area contributed by atoms with E-state index in [2.05, 4.69) is 27.9 Å². The molecule has 0 atom stereocenters. The van der Waals surface area contributed by atoms with Gasteiger partial charge < -0.3 is 9.47 Å². The Morgan fingerprint density at radius 2 is 1.96 bits per heavy atom. The van der Waals surface area contributed by atoms with Crippen molar-refractivity contribution >= 4 is 38.4 Å². The van der Waals surface area contributed by atoms with Gasteiger partial charge in [-0.15, -0.1) is 6.42 Å². The molecule has 0 radical (unpaired) electrons. The molecule has 3 nitrogen and oxygen atoms in total. The summed E-state index contributed by atoms with van der Waals surface area (Å²) < 4.78 is 11.7. The molecule has 0 amide bonds. The van der Waals surface area contributed by atoms with E-state index in [4.69, 9.17) is 15.9 Å². The molecule has 132 valence electrons. The van der Waals surface area contributed by atoms with E-state index in [1.54, 1.807) is 7.11 Å². The van der Waals surface area contributed by atoms with Crippen LogP contribution in [0, 0.1) is 23.7 Å². The summed E-state index contributed by atoms with van der Waals surface area (Å²) in [6.45, 7) is 0.142. The third kappa shape index (κ3) is 3.97. The molecule has 3 aromatic carbocycles. The molecule has 0 saturated carbocycles. The van der Waals surface area contributed by atoms with E-state index < -0.39 is 0 Å². The lowest BCUT2D eigenvalue weighted by molar-refractivity contribution is 0.329. The van der Waals surface area contributed by atoms with Gasteiger partial charge in [0.25, 0.3) is 0 Å². The Kier molecular flexibility index (Phi) is 5.81. The summed E-state index contributed by atoms with van der Waals surface area (Å²) in [5.41, 5.74) is 2.27. The molecule has 3 aromatic rings. The number of rotatable bonds is 5. The van der Waals surface area contributed by atoms with Crippen LogP contribution in [0.15, 0.2) is 59.1 Å². The summed E-state index contributed by atoms with van der Waals surface area (Å²) in [5.74, 6) is 3.52. The zero-order valence-corrected chi connectivity index (χ0v) is 16.3. The molecule has 0 aliphatic heterocycles. The van der Waals surface area contributed by atoms with Crippen LogP contribution in [0.5, 0.6) is 11.5 Å². The zero-order valence-electron chi connectivity index (χ0n) is 14.7. The summed E-state index contributed by atoms with van der Waals surface area (Å²) >= 11 is 3.49. The van der Waals surface area contributed by atoms with Crippen LogP contribution in [0.3, 0.4) is 0 Å². The van der Waals surface area contributed by atoms with Gasteiger partial charge in [-0.1, -0.05) is 48.4 Å². The largest absolute Gasteiger partial charge is 0.493 e. The second-order valence-electron chi connectivity index (χ2n) is 5.72. The van der Waals surface area contributed by atoms with Crippen LogP contribution in [-0.4, -0.2) is 13.7 Å². The van der Waals surface area contributed by atoms with Gasteiger partial charge in [0, 0.05) is 5.56 Å². The number of allylic oxidation sites excluding steroid dienone is 1. The number of hydrogen-bond acceptors (Lipinski definition) is 3. The van der Waals surface area contributed by atoms with Gasteiger partial charge in [0.1, 0.15) is 6.61 Å². The van der Waals surface area contributed by atoms with E-state index in [9.17, 15) is 5.26 Å². The number of terminal acetylenes is 1. The number of benzene rings is 3. The maximum atomic E-state index is 9.76. The lowest BCUT2D eigenvalue weighted by Gasteiger charge is -2.12. The normalized spacial score (nSPS) is 10.9. The van der Waals surface area contributed by atoms with Crippen molar-refractivity contribution < 1.29 is 9.47 Å². The van der Waals surface area contributed by atoms with Crippen molar-refractivity contribution in [1.82, 2.24) is 0 Å². The van der Waals surface area contributed by atoms with Gasteiger partial charge in [0.05, 0.1) is 23.2 Å². The average Bonchev–Trinajstić information content (AvgIpc) is 2.70. The van der Waals surface area contributed by atoms with E-state index in [1.165, 1.54) is 0 Å². The van der Waals surface area contributed by atoms with Gasteiger partial charge in [-0.25, -0.2) is 0 Å². The minimum atomic E-state index is 0.142. The molecule has 27 heavy (non-hydrogen) atoms. The lowest BCUT2D eigenvalue weighted by Crippen LogP contribution is -1.98. The molecule has 0 bridgehead atoms. The molecule has 0 aromatic heterocycles. The minimum Gasteiger partial charge on any atom is -0.493 e. The number of methoxy groups -OCH3 is 1. The van der Waals surface area contributed by atoms with Gasteiger partial charge in [-0.05, 0) is 50.5 Å². The molecule has 0 unspecified atom stereocenters. The fourth-order valence-corrected chi connectivity index (χ4v) is 3.45. The third-order valence-electron chi connectivity index (χ3n) is 4.06. The first-order valence-electron chi connectivity index (χ1n) is 8.21. The zero-order chi connectivity index (χ0) is 19.2. The smallest absolute Gasteiger partial charge is 0.176 e. The van der Waals surface area contributed by atoms with Gasteiger partial charge in [0.2, 0.25) is 0 Å². The van der Waals surface area contributed by atoms with E-state index in [-0.39, 0.29) is 6.61 Å². The number of fused-ring (bicyclic) bond motifs is 1. The highest BCUT2D eigenvalue weighted by Gasteiger charge is 2.12. The second kappa shape index (κ2) is 8.45. The van der Waals surface area contributed by atoms with Crippen molar-refractivity contribution in [2.24, 2.45) is 0 Å². The van der Waals surface area contributed by atoms with Gasteiger partial charge in [-0.2, -0.15) is 5.26 Å². The van der Waals surface area contributed by atoms with E-state index >= 15 is 0 Å². The maximum Gasteiger partial charge on any atom is 0.176 e. The number of halogens is 1. The Hall–Kier alpha value is -3.21. The Labute approximate surface area is 167 Å². The molecule has 4 heteroatoms. The highest BCUT2D eigenvalue weighted by molar-refractivity contribution is 9.10. The van der Waals surface area contributed by atoms with Crippen LogP contribution in [-0.2, 0) is 0 Å². The van der Waals surface area contributed by atoms with Crippen molar-refractivity contribution in [2.45, 2.75) is 0 Å². The first kappa shape index (κ1) is 18.6. The molecule has 0 spiro atoms. The SMILES string of the molecule is C#CCOc1c(Br)cc(/C=C(\C#N)c2cccc3ccccc23)cc1OC. The number of nitrogens with zero attached hydrogens (tertiary/aromatic N) is 1. The van der Waals surface area contributed by atoms with Gasteiger partial charge >= 0.3 is 0 Å². The summed E-state index contributed by atoms with van der Waals surface area (Å²) in [4.78, 5) is 0. The van der Waals surface area contributed by atoms with Crippen molar-refractivity contribution in [3.05, 3.63) is 70.2 Å². The van der Waals surface area contributed by atoms with Crippen LogP contribution >= 0.6 is 15.9 Å². The second-order valence-corrected chi connectivity index (χ2v) is 6.58. The molecule has 0 heterocycles. The van der Waals surface area contributed by atoms with Crippen molar-refractivity contribution in [2.75, 3.05) is 13.7 Å². The van der Waals surface area contributed by atoms with Gasteiger partial charge in [-0.3, -0.25) is 0 Å². The monoisotopic (exact) mass is 417 g/mol. The van der Waals surface area contributed by atoms with Crippen LogP contribution in [0.1, 0.15) is 11.1 Å². The van der Waals surface area contributed by atoms with E-state index in [1.807, 2.05) is 60.7 Å². The van der Waals surface area contributed by atoms with Crippen molar-refractivity contribution in [3.8, 4) is 29.9 Å². The fourth-order valence-electron chi connectivity index (χ4n) is 2.87. The average molecular weight is 418 g/mol. The maximum absolute atomic E-state index is 9.76. The first-order valence-corrected chi connectivity index (χ1v) is 9.01. The third-order valence-corrected chi connectivity index (χ3v) is 4.65. The van der Waals surface area contributed by atoms with Crippen molar-refractivity contribution in [1.29, 1.82) is 5.26 Å². The quantitative estimate of drug-likeness (QED) is 0.304. The summed E-state index contributed by atoms with van der Waals surface area (Å²) in [6, 6.07) is 19.9. The predicted octanol–water partition coefficient (Wildman–Crippen LogP) is 5.69. The van der Waals surface area contributed by atoms with Crippen LogP contribution in [0.25, 0.3) is 22.4 Å². The standard InChI is InChI=1S/C23H16BrNO2/c1-3-11-27-23-21(24)13-16(14-22(23)26-2)12-18(15-25)20-10-6-8-17-7-4-5-9-19(17)20/h1,4-10,12-14H,11H2,2H3/b18-12+. The highest BCUT2D eigenvalue weighted by Crippen LogP contribution is 2.38.